The lowest BCUT2D eigenvalue weighted by molar-refractivity contribution is -0.192. The minimum Gasteiger partial charge on any atom is -0.475 e. The standard InChI is InChI=1S/C13H14N6O.C2HF3O2/c1-19-14-8-12(18-19)17-13(20)7-6-11-15-9-4-2-3-5-10(9)16-11;3-2(4,5)1(6)7/h2-5,8H,6-7H2,1H3,(H,15,16)(H,17,18,20);(H,6,7). The molecule has 3 rings (SSSR count). The number of fused-ring (bicyclic) bond motifs is 1. The number of aromatic amines is 1. The largest absolute Gasteiger partial charge is 0.490 e. The Labute approximate surface area is 150 Å². The summed E-state index contributed by atoms with van der Waals surface area (Å²) in [5.74, 6) is -1.60. The molecular formula is C15H15F3N6O3. The summed E-state index contributed by atoms with van der Waals surface area (Å²) in [7, 11) is 1.70. The van der Waals surface area contributed by atoms with E-state index in [0.717, 1.165) is 16.9 Å². The minimum absolute atomic E-state index is 0.106. The van der Waals surface area contributed by atoms with Crippen LogP contribution in [0, 0.1) is 0 Å². The molecule has 0 saturated heterocycles. The molecule has 0 radical (unpaired) electrons. The Morgan fingerprint density at radius 3 is 2.52 bits per heavy atom. The summed E-state index contributed by atoms with van der Waals surface area (Å²) in [5, 5.41) is 17.7. The van der Waals surface area contributed by atoms with Crippen LogP contribution in [0.4, 0.5) is 19.0 Å². The first-order valence-corrected chi connectivity index (χ1v) is 7.55. The topological polar surface area (TPSA) is 126 Å². The van der Waals surface area contributed by atoms with Crippen molar-refractivity contribution in [3.63, 3.8) is 0 Å². The van der Waals surface area contributed by atoms with E-state index in [1.165, 1.54) is 11.0 Å². The average Bonchev–Trinajstić information content (AvgIpc) is 3.18. The molecule has 1 amide bonds. The predicted molar refractivity (Wildman–Crippen MR) is 87.7 cm³/mol. The quantitative estimate of drug-likeness (QED) is 0.631. The second kappa shape index (κ2) is 8.29. The van der Waals surface area contributed by atoms with Gasteiger partial charge in [-0.3, -0.25) is 4.79 Å². The fourth-order valence-electron chi connectivity index (χ4n) is 1.96. The highest BCUT2D eigenvalue weighted by Crippen LogP contribution is 2.13. The van der Waals surface area contributed by atoms with Crippen molar-refractivity contribution in [1.29, 1.82) is 0 Å². The number of benzene rings is 1. The molecule has 0 aliphatic rings. The van der Waals surface area contributed by atoms with Crippen LogP contribution in [0.2, 0.25) is 0 Å². The number of H-pyrrole nitrogens is 1. The number of halogens is 3. The normalized spacial score (nSPS) is 11.0. The molecule has 0 aliphatic heterocycles. The maximum absolute atomic E-state index is 11.8. The monoisotopic (exact) mass is 384 g/mol. The van der Waals surface area contributed by atoms with E-state index in [4.69, 9.17) is 9.90 Å². The van der Waals surface area contributed by atoms with Gasteiger partial charge in [-0.15, -0.1) is 5.10 Å². The molecule has 1 aromatic carbocycles. The Morgan fingerprint density at radius 1 is 1.30 bits per heavy atom. The second-order valence-electron chi connectivity index (χ2n) is 5.27. The number of aromatic nitrogens is 5. The van der Waals surface area contributed by atoms with Crippen molar-refractivity contribution in [1.82, 2.24) is 25.0 Å². The molecule has 0 aliphatic carbocycles. The fraction of sp³-hybridized carbons (Fsp3) is 0.267. The van der Waals surface area contributed by atoms with Crippen LogP contribution in [0.25, 0.3) is 11.0 Å². The van der Waals surface area contributed by atoms with Gasteiger partial charge in [0.2, 0.25) is 5.91 Å². The number of alkyl halides is 3. The number of nitrogens with zero attached hydrogens (tertiary/aromatic N) is 4. The Bertz CT molecular complexity index is 901. The van der Waals surface area contributed by atoms with Gasteiger partial charge in [-0.2, -0.15) is 23.1 Å². The highest BCUT2D eigenvalue weighted by molar-refractivity contribution is 5.89. The fourth-order valence-corrected chi connectivity index (χ4v) is 1.96. The van der Waals surface area contributed by atoms with Gasteiger partial charge in [-0.25, -0.2) is 9.78 Å². The SMILES string of the molecule is Cn1ncc(NC(=O)CCc2nc3ccccc3[nH]2)n1.O=C(O)C(F)(F)F. The summed E-state index contributed by atoms with van der Waals surface area (Å²) in [6.45, 7) is 0. The molecule has 0 saturated carbocycles. The number of nitrogens with one attached hydrogen (secondary N) is 2. The van der Waals surface area contributed by atoms with E-state index in [0.29, 0.717) is 18.7 Å². The van der Waals surface area contributed by atoms with Crippen LogP contribution in [0.15, 0.2) is 30.5 Å². The van der Waals surface area contributed by atoms with Crippen molar-refractivity contribution in [2.45, 2.75) is 19.0 Å². The zero-order valence-electron chi connectivity index (χ0n) is 14.0. The summed E-state index contributed by atoms with van der Waals surface area (Å²) >= 11 is 0. The lowest BCUT2D eigenvalue weighted by Gasteiger charge is -1.99. The van der Waals surface area contributed by atoms with Gasteiger partial charge in [0.05, 0.1) is 17.2 Å². The van der Waals surface area contributed by atoms with E-state index in [-0.39, 0.29) is 5.91 Å². The minimum atomic E-state index is -5.08. The van der Waals surface area contributed by atoms with Gasteiger partial charge in [0.1, 0.15) is 5.82 Å². The van der Waals surface area contributed by atoms with Gasteiger partial charge in [0, 0.05) is 19.9 Å². The zero-order valence-corrected chi connectivity index (χ0v) is 14.0. The summed E-state index contributed by atoms with van der Waals surface area (Å²) in [6, 6.07) is 7.79. The van der Waals surface area contributed by atoms with Gasteiger partial charge in [0.15, 0.2) is 5.82 Å². The maximum atomic E-state index is 11.8. The molecular weight excluding hydrogens is 369 g/mol. The molecule has 0 unspecified atom stereocenters. The third-order valence-corrected chi connectivity index (χ3v) is 3.14. The Hall–Kier alpha value is -3.44. The zero-order chi connectivity index (χ0) is 20.0. The first-order valence-electron chi connectivity index (χ1n) is 7.55. The summed E-state index contributed by atoms with van der Waals surface area (Å²) < 4.78 is 31.7. The summed E-state index contributed by atoms with van der Waals surface area (Å²) in [6.07, 6.45) is -2.67. The van der Waals surface area contributed by atoms with Crippen LogP contribution in [0.5, 0.6) is 0 Å². The third-order valence-electron chi connectivity index (χ3n) is 3.14. The third kappa shape index (κ3) is 6.09. The number of carbonyl (C=O) groups excluding carboxylic acids is 1. The molecule has 2 aromatic heterocycles. The van der Waals surface area contributed by atoms with Crippen LogP contribution >= 0.6 is 0 Å². The van der Waals surface area contributed by atoms with Crippen molar-refractivity contribution < 1.29 is 27.9 Å². The Morgan fingerprint density at radius 2 is 1.96 bits per heavy atom. The van der Waals surface area contributed by atoms with Crippen LogP contribution in [0.1, 0.15) is 12.2 Å². The lowest BCUT2D eigenvalue weighted by atomic mass is 10.3. The van der Waals surface area contributed by atoms with Gasteiger partial charge in [-0.1, -0.05) is 12.1 Å². The first kappa shape index (κ1) is 19.9. The van der Waals surface area contributed by atoms with Crippen molar-refractivity contribution >= 4 is 28.7 Å². The van der Waals surface area contributed by atoms with Crippen molar-refractivity contribution in [2.24, 2.45) is 7.05 Å². The number of carbonyl (C=O) groups is 2. The van der Waals surface area contributed by atoms with E-state index in [1.807, 2.05) is 24.3 Å². The van der Waals surface area contributed by atoms with Crippen molar-refractivity contribution in [3.8, 4) is 0 Å². The van der Waals surface area contributed by atoms with Crippen LogP contribution in [0.3, 0.4) is 0 Å². The van der Waals surface area contributed by atoms with E-state index in [2.05, 4.69) is 25.5 Å². The number of aliphatic carboxylic acids is 1. The van der Waals surface area contributed by atoms with E-state index in [9.17, 15) is 18.0 Å². The number of hydrogen-bond acceptors (Lipinski definition) is 5. The van der Waals surface area contributed by atoms with Gasteiger partial charge >= 0.3 is 12.1 Å². The van der Waals surface area contributed by atoms with E-state index < -0.39 is 12.1 Å². The number of aryl methyl sites for hydroxylation is 2. The number of hydrogen-bond donors (Lipinski definition) is 3. The molecule has 9 nitrogen and oxygen atoms in total. The van der Waals surface area contributed by atoms with Crippen LogP contribution in [-0.4, -0.2) is 48.1 Å². The second-order valence-corrected chi connectivity index (χ2v) is 5.27. The average molecular weight is 384 g/mol. The summed E-state index contributed by atoms with van der Waals surface area (Å²) in [5.41, 5.74) is 1.90. The highest BCUT2D eigenvalue weighted by Gasteiger charge is 2.38. The number of rotatable bonds is 4. The Kier molecular flexibility index (Phi) is 6.11. The number of amides is 1. The lowest BCUT2D eigenvalue weighted by Crippen LogP contribution is -2.21. The van der Waals surface area contributed by atoms with Crippen molar-refractivity contribution in [3.05, 3.63) is 36.3 Å². The molecule has 3 N–H and O–H groups in total. The van der Waals surface area contributed by atoms with Gasteiger partial charge in [-0.05, 0) is 12.1 Å². The first-order chi connectivity index (χ1) is 12.6. The molecule has 2 heterocycles. The molecule has 27 heavy (non-hydrogen) atoms. The predicted octanol–water partition coefficient (Wildman–Crippen LogP) is 1.90. The molecule has 0 bridgehead atoms. The van der Waals surface area contributed by atoms with E-state index in [1.54, 1.807) is 7.05 Å². The van der Waals surface area contributed by atoms with Crippen LogP contribution in [-0.2, 0) is 23.1 Å². The molecule has 12 heteroatoms. The molecule has 0 fully saturated rings. The number of para-hydroxylation sites is 2. The van der Waals surface area contributed by atoms with E-state index >= 15 is 0 Å². The molecule has 144 valence electrons. The van der Waals surface area contributed by atoms with Gasteiger partial charge < -0.3 is 15.4 Å². The number of anilines is 1. The van der Waals surface area contributed by atoms with Crippen LogP contribution < -0.4 is 5.32 Å². The molecule has 3 aromatic rings. The smallest absolute Gasteiger partial charge is 0.475 e. The summed E-state index contributed by atoms with van der Waals surface area (Å²) in [4.78, 5) is 29.7. The number of carboxylic acid groups (broad SMARTS) is 1. The number of imidazole rings is 1. The highest BCUT2D eigenvalue weighted by atomic mass is 19.4. The molecule has 0 spiro atoms. The van der Waals surface area contributed by atoms with Crippen molar-refractivity contribution in [2.75, 3.05) is 5.32 Å². The van der Waals surface area contributed by atoms with Gasteiger partial charge in [0.25, 0.3) is 0 Å². The Balaban J connectivity index is 0.000000321. The maximum Gasteiger partial charge on any atom is 0.490 e. The molecule has 0 atom stereocenters. The number of carboxylic acids is 1.